The molecule has 1 heterocycles. The van der Waals surface area contributed by atoms with Crippen molar-refractivity contribution in [2.45, 2.75) is 6.92 Å². The molecule has 1 aromatic heterocycles. The summed E-state index contributed by atoms with van der Waals surface area (Å²) in [5.41, 5.74) is 3.81. The number of anilines is 1. The van der Waals surface area contributed by atoms with E-state index in [2.05, 4.69) is 14.9 Å². The van der Waals surface area contributed by atoms with E-state index in [9.17, 15) is 4.79 Å². The second-order valence-electron chi connectivity index (χ2n) is 4.75. The molecule has 1 amide bonds. The van der Waals surface area contributed by atoms with Gasteiger partial charge >= 0.3 is 0 Å². The number of hydrogen-bond acceptors (Lipinski definition) is 2. The van der Waals surface area contributed by atoms with Gasteiger partial charge in [-0.1, -0.05) is 30.3 Å². The van der Waals surface area contributed by atoms with Crippen molar-refractivity contribution in [3.05, 3.63) is 66.5 Å². The highest BCUT2D eigenvalue weighted by molar-refractivity contribution is 5.71. The topological polar surface area (TPSA) is 46.9 Å². The standard InChI is InChI=1S/C17H15N3O/c1-13-11-20(16-9-7-15(8-10-16)18-12-21)17(19-13)14-5-3-2-4-6-14/h2-12H,1H3,(H,18,21). The minimum atomic E-state index is 0.672. The zero-order valence-corrected chi connectivity index (χ0v) is 11.7. The Balaban J connectivity index is 2.04. The molecule has 0 saturated heterocycles. The van der Waals surface area contributed by atoms with Crippen LogP contribution >= 0.6 is 0 Å². The number of carbonyl (C=O) groups is 1. The molecule has 0 bridgehead atoms. The Bertz CT molecular complexity index is 745. The summed E-state index contributed by atoms with van der Waals surface area (Å²) in [5, 5.41) is 2.63. The maximum atomic E-state index is 10.4. The molecule has 0 atom stereocenters. The predicted octanol–water partition coefficient (Wildman–Crippen LogP) is 3.42. The number of imidazole rings is 1. The molecule has 21 heavy (non-hydrogen) atoms. The predicted molar refractivity (Wildman–Crippen MR) is 83.4 cm³/mol. The average molecular weight is 277 g/mol. The number of benzene rings is 2. The molecular formula is C17H15N3O. The third-order valence-corrected chi connectivity index (χ3v) is 3.23. The molecule has 104 valence electrons. The largest absolute Gasteiger partial charge is 0.329 e. The lowest BCUT2D eigenvalue weighted by Crippen LogP contribution is -1.97. The monoisotopic (exact) mass is 277 g/mol. The van der Waals surface area contributed by atoms with Gasteiger partial charge in [-0.25, -0.2) is 4.98 Å². The Morgan fingerprint density at radius 2 is 1.76 bits per heavy atom. The van der Waals surface area contributed by atoms with Crippen LogP contribution in [-0.2, 0) is 4.79 Å². The van der Waals surface area contributed by atoms with Crippen molar-refractivity contribution in [2.75, 3.05) is 5.32 Å². The Morgan fingerprint density at radius 1 is 1.05 bits per heavy atom. The summed E-state index contributed by atoms with van der Waals surface area (Å²) < 4.78 is 2.05. The SMILES string of the molecule is Cc1cn(-c2ccc(NC=O)cc2)c(-c2ccccc2)n1. The fourth-order valence-electron chi connectivity index (χ4n) is 2.27. The van der Waals surface area contributed by atoms with Gasteiger partial charge in [-0.05, 0) is 31.2 Å². The Hall–Kier alpha value is -2.88. The molecule has 4 nitrogen and oxygen atoms in total. The van der Waals surface area contributed by atoms with Gasteiger partial charge in [-0.15, -0.1) is 0 Å². The summed E-state index contributed by atoms with van der Waals surface area (Å²) in [5.74, 6) is 0.907. The highest BCUT2D eigenvalue weighted by Gasteiger charge is 2.09. The van der Waals surface area contributed by atoms with E-state index in [4.69, 9.17) is 0 Å². The maximum absolute atomic E-state index is 10.4. The van der Waals surface area contributed by atoms with Crippen LogP contribution in [-0.4, -0.2) is 16.0 Å². The fourth-order valence-corrected chi connectivity index (χ4v) is 2.27. The number of nitrogens with zero attached hydrogens (tertiary/aromatic N) is 2. The van der Waals surface area contributed by atoms with E-state index in [-0.39, 0.29) is 0 Å². The molecule has 2 aromatic carbocycles. The minimum Gasteiger partial charge on any atom is -0.329 e. The quantitative estimate of drug-likeness (QED) is 0.743. The van der Waals surface area contributed by atoms with Crippen molar-refractivity contribution in [3.8, 4) is 17.1 Å². The number of nitrogens with one attached hydrogen (secondary N) is 1. The zero-order chi connectivity index (χ0) is 14.7. The van der Waals surface area contributed by atoms with Crippen molar-refractivity contribution < 1.29 is 4.79 Å². The van der Waals surface area contributed by atoms with Gasteiger partial charge in [0.05, 0.1) is 5.69 Å². The zero-order valence-electron chi connectivity index (χ0n) is 11.7. The van der Waals surface area contributed by atoms with E-state index in [0.717, 1.165) is 28.5 Å². The molecule has 0 radical (unpaired) electrons. The van der Waals surface area contributed by atoms with E-state index in [1.165, 1.54) is 0 Å². The second kappa shape index (κ2) is 5.63. The highest BCUT2D eigenvalue weighted by Crippen LogP contribution is 2.23. The molecule has 4 heteroatoms. The van der Waals surface area contributed by atoms with Crippen LogP contribution in [0.15, 0.2) is 60.8 Å². The molecule has 0 unspecified atom stereocenters. The minimum absolute atomic E-state index is 0.672. The number of carbonyl (C=O) groups excluding carboxylic acids is 1. The number of hydrogen-bond donors (Lipinski definition) is 1. The first kappa shape index (κ1) is 13.1. The summed E-state index contributed by atoms with van der Waals surface area (Å²) >= 11 is 0. The summed E-state index contributed by atoms with van der Waals surface area (Å²) in [6.45, 7) is 1.98. The van der Waals surface area contributed by atoms with Crippen LogP contribution in [0.25, 0.3) is 17.1 Å². The lowest BCUT2D eigenvalue weighted by atomic mass is 10.2. The van der Waals surface area contributed by atoms with E-state index in [1.807, 2.05) is 67.7 Å². The second-order valence-corrected chi connectivity index (χ2v) is 4.75. The number of amides is 1. The Labute approximate surface area is 123 Å². The highest BCUT2D eigenvalue weighted by atomic mass is 16.1. The van der Waals surface area contributed by atoms with Gasteiger partial charge in [0.15, 0.2) is 0 Å². The van der Waals surface area contributed by atoms with E-state index in [0.29, 0.717) is 6.41 Å². The van der Waals surface area contributed by atoms with Crippen LogP contribution in [0, 0.1) is 6.92 Å². The Morgan fingerprint density at radius 3 is 2.43 bits per heavy atom. The summed E-state index contributed by atoms with van der Waals surface area (Å²) in [6, 6.07) is 17.7. The first-order chi connectivity index (χ1) is 10.3. The normalized spacial score (nSPS) is 10.3. The first-order valence-corrected chi connectivity index (χ1v) is 6.70. The summed E-state index contributed by atoms with van der Waals surface area (Å²) in [6.07, 6.45) is 2.68. The molecular weight excluding hydrogens is 262 g/mol. The van der Waals surface area contributed by atoms with Crippen LogP contribution in [0.4, 0.5) is 5.69 Å². The molecule has 0 fully saturated rings. The molecule has 0 aliphatic carbocycles. The van der Waals surface area contributed by atoms with Crippen LogP contribution in [0.2, 0.25) is 0 Å². The van der Waals surface area contributed by atoms with Gasteiger partial charge < -0.3 is 5.32 Å². The number of aromatic nitrogens is 2. The van der Waals surface area contributed by atoms with Crippen molar-refractivity contribution in [1.82, 2.24) is 9.55 Å². The number of rotatable bonds is 4. The van der Waals surface area contributed by atoms with Crippen LogP contribution < -0.4 is 5.32 Å². The van der Waals surface area contributed by atoms with E-state index >= 15 is 0 Å². The van der Waals surface area contributed by atoms with E-state index in [1.54, 1.807) is 0 Å². The van der Waals surface area contributed by atoms with Gasteiger partial charge in [0, 0.05) is 23.1 Å². The molecule has 0 saturated carbocycles. The third-order valence-electron chi connectivity index (χ3n) is 3.23. The first-order valence-electron chi connectivity index (χ1n) is 6.70. The molecule has 0 aliphatic heterocycles. The summed E-state index contributed by atoms with van der Waals surface area (Å²) in [7, 11) is 0. The van der Waals surface area contributed by atoms with Crippen molar-refractivity contribution in [3.63, 3.8) is 0 Å². The fraction of sp³-hybridized carbons (Fsp3) is 0.0588. The van der Waals surface area contributed by atoms with Gasteiger partial charge in [0.1, 0.15) is 5.82 Å². The van der Waals surface area contributed by atoms with Crippen molar-refractivity contribution >= 4 is 12.1 Å². The van der Waals surface area contributed by atoms with Crippen LogP contribution in [0.3, 0.4) is 0 Å². The van der Waals surface area contributed by atoms with E-state index < -0.39 is 0 Å². The Kier molecular flexibility index (Phi) is 3.51. The lowest BCUT2D eigenvalue weighted by molar-refractivity contribution is -0.105. The smallest absolute Gasteiger partial charge is 0.211 e. The van der Waals surface area contributed by atoms with Crippen LogP contribution in [0.1, 0.15) is 5.69 Å². The molecule has 3 aromatic rings. The lowest BCUT2D eigenvalue weighted by Gasteiger charge is -2.08. The maximum Gasteiger partial charge on any atom is 0.211 e. The van der Waals surface area contributed by atoms with Gasteiger partial charge in [0.25, 0.3) is 0 Å². The average Bonchev–Trinajstić information content (AvgIpc) is 2.91. The van der Waals surface area contributed by atoms with Crippen LogP contribution in [0.5, 0.6) is 0 Å². The van der Waals surface area contributed by atoms with Gasteiger partial charge in [0.2, 0.25) is 6.41 Å². The third kappa shape index (κ3) is 2.69. The number of aryl methyl sites for hydroxylation is 1. The molecule has 3 rings (SSSR count). The van der Waals surface area contributed by atoms with Gasteiger partial charge in [-0.3, -0.25) is 9.36 Å². The molecule has 0 aliphatic rings. The van der Waals surface area contributed by atoms with Gasteiger partial charge in [-0.2, -0.15) is 0 Å². The summed E-state index contributed by atoms with van der Waals surface area (Å²) in [4.78, 5) is 15.1. The molecule has 1 N–H and O–H groups in total. The van der Waals surface area contributed by atoms with Crippen molar-refractivity contribution in [2.24, 2.45) is 0 Å². The van der Waals surface area contributed by atoms with Crippen molar-refractivity contribution in [1.29, 1.82) is 0 Å². The molecule has 0 spiro atoms.